The number of anilines is 2. The van der Waals surface area contributed by atoms with Gasteiger partial charge in [-0.2, -0.15) is 0 Å². The van der Waals surface area contributed by atoms with Gasteiger partial charge in [0.25, 0.3) is 0 Å². The van der Waals surface area contributed by atoms with Crippen molar-refractivity contribution in [3.8, 4) is 0 Å². The number of carbonyl (C=O) groups excluding carboxylic acids is 1. The van der Waals surface area contributed by atoms with E-state index in [9.17, 15) is 4.79 Å². The third-order valence-corrected chi connectivity index (χ3v) is 4.90. The van der Waals surface area contributed by atoms with Gasteiger partial charge in [0.1, 0.15) is 0 Å². The smallest absolute Gasteiger partial charge is 0.322 e. The highest BCUT2D eigenvalue weighted by Gasteiger charge is 2.15. The van der Waals surface area contributed by atoms with Crippen LogP contribution in [0.25, 0.3) is 0 Å². The summed E-state index contributed by atoms with van der Waals surface area (Å²) in [7, 11) is 4.05. The fourth-order valence-electron chi connectivity index (χ4n) is 3.21. The molecular weight excluding hydrogens is 358 g/mol. The lowest BCUT2D eigenvalue weighted by molar-refractivity contribution is 0.210. The van der Waals surface area contributed by atoms with Crippen LogP contribution in [0.15, 0.2) is 78.9 Å². The molecule has 3 aromatic carbocycles. The Balaban J connectivity index is 1.73. The van der Waals surface area contributed by atoms with Gasteiger partial charge in [0.15, 0.2) is 0 Å². The van der Waals surface area contributed by atoms with Crippen LogP contribution in [0.1, 0.15) is 16.7 Å². The molecule has 2 amide bonds. The lowest BCUT2D eigenvalue weighted by atomic mass is 10.1. The van der Waals surface area contributed by atoms with Crippen molar-refractivity contribution in [2.24, 2.45) is 0 Å². The minimum Gasteiger partial charge on any atom is -0.378 e. The van der Waals surface area contributed by atoms with Gasteiger partial charge in [-0.3, -0.25) is 0 Å². The average molecular weight is 388 g/mol. The van der Waals surface area contributed by atoms with Crippen molar-refractivity contribution < 1.29 is 4.79 Å². The number of nitrogens with one attached hydrogen (secondary N) is 1. The Morgan fingerprint density at radius 2 is 1.59 bits per heavy atom. The van der Waals surface area contributed by atoms with E-state index < -0.39 is 0 Å². The van der Waals surface area contributed by atoms with Gasteiger partial charge in [0.05, 0.1) is 0 Å². The van der Waals surface area contributed by atoms with Crippen molar-refractivity contribution in [3.63, 3.8) is 0 Å². The molecule has 1 N–H and O–H groups in total. The van der Waals surface area contributed by atoms with Crippen LogP contribution in [-0.2, 0) is 13.0 Å². The van der Waals surface area contributed by atoms with E-state index in [2.05, 4.69) is 46.6 Å². The van der Waals surface area contributed by atoms with Gasteiger partial charge >= 0.3 is 6.03 Å². The summed E-state index contributed by atoms with van der Waals surface area (Å²) in [5.74, 6) is 0. The van der Waals surface area contributed by atoms with Crippen LogP contribution in [0, 0.1) is 6.92 Å². The summed E-state index contributed by atoms with van der Waals surface area (Å²) in [5.41, 5.74) is 5.43. The van der Waals surface area contributed by atoms with E-state index >= 15 is 0 Å². The highest BCUT2D eigenvalue weighted by Crippen LogP contribution is 2.16. The number of nitrogens with zero attached hydrogens (tertiary/aromatic N) is 2. The second kappa shape index (κ2) is 9.78. The Morgan fingerprint density at radius 3 is 2.24 bits per heavy atom. The van der Waals surface area contributed by atoms with Crippen LogP contribution in [0.5, 0.6) is 0 Å². The lowest BCUT2D eigenvalue weighted by Crippen LogP contribution is -2.36. The fourth-order valence-corrected chi connectivity index (χ4v) is 3.21. The lowest BCUT2D eigenvalue weighted by Gasteiger charge is -2.24. The van der Waals surface area contributed by atoms with E-state index in [1.165, 1.54) is 5.56 Å². The molecule has 0 saturated carbocycles. The number of hydrogen-bond donors (Lipinski definition) is 1. The molecule has 0 fully saturated rings. The van der Waals surface area contributed by atoms with E-state index in [1.807, 2.05) is 68.4 Å². The van der Waals surface area contributed by atoms with Crippen LogP contribution in [0.3, 0.4) is 0 Å². The molecule has 3 aromatic rings. The molecule has 0 bridgehead atoms. The normalized spacial score (nSPS) is 10.4. The fraction of sp³-hybridized carbons (Fsp3) is 0.240. The maximum atomic E-state index is 13.0. The Bertz CT molecular complexity index is 920. The quantitative estimate of drug-likeness (QED) is 0.594. The molecule has 0 radical (unpaired) electrons. The van der Waals surface area contributed by atoms with Crippen molar-refractivity contribution in [2.45, 2.75) is 19.9 Å². The summed E-state index contributed by atoms with van der Waals surface area (Å²) >= 11 is 0. The highest BCUT2D eigenvalue weighted by atomic mass is 16.2. The maximum absolute atomic E-state index is 13.0. The van der Waals surface area contributed by atoms with Crippen molar-refractivity contribution >= 4 is 17.4 Å². The Kier molecular flexibility index (Phi) is 6.90. The highest BCUT2D eigenvalue weighted by molar-refractivity contribution is 5.89. The third-order valence-electron chi connectivity index (χ3n) is 4.90. The summed E-state index contributed by atoms with van der Waals surface area (Å²) in [5, 5.41) is 3.05. The standard InChI is InChI=1S/C25H29N3O/c1-20-8-7-11-23(18-20)26-25(29)28(17-16-21-9-5-4-6-10-21)19-22-12-14-24(15-13-22)27(2)3/h4-15,18H,16-17,19H2,1-3H3,(H,26,29). The molecule has 0 aliphatic carbocycles. The number of rotatable bonds is 7. The molecule has 4 heteroatoms. The first kappa shape index (κ1) is 20.5. The molecule has 0 heterocycles. The van der Waals surface area contributed by atoms with Gasteiger partial charge in [-0.05, 0) is 54.3 Å². The first-order chi connectivity index (χ1) is 14.0. The minimum absolute atomic E-state index is 0.0804. The summed E-state index contributed by atoms with van der Waals surface area (Å²) in [6.45, 7) is 3.24. The minimum atomic E-state index is -0.0804. The van der Waals surface area contributed by atoms with Crippen molar-refractivity contribution in [1.82, 2.24) is 4.90 Å². The molecule has 0 spiro atoms. The first-order valence-corrected chi connectivity index (χ1v) is 9.94. The van der Waals surface area contributed by atoms with Crippen molar-refractivity contribution in [1.29, 1.82) is 0 Å². The maximum Gasteiger partial charge on any atom is 0.322 e. The van der Waals surface area contributed by atoms with E-state index in [-0.39, 0.29) is 6.03 Å². The van der Waals surface area contributed by atoms with E-state index in [0.29, 0.717) is 13.1 Å². The predicted molar refractivity (Wildman–Crippen MR) is 122 cm³/mol. The molecule has 0 aliphatic rings. The second-order valence-corrected chi connectivity index (χ2v) is 7.52. The Labute approximate surface area is 173 Å². The second-order valence-electron chi connectivity index (χ2n) is 7.52. The molecule has 0 aliphatic heterocycles. The molecule has 3 rings (SSSR count). The topological polar surface area (TPSA) is 35.6 Å². The number of aryl methyl sites for hydroxylation is 1. The Morgan fingerprint density at radius 1 is 0.862 bits per heavy atom. The molecule has 0 atom stereocenters. The molecule has 150 valence electrons. The zero-order valence-corrected chi connectivity index (χ0v) is 17.4. The Hall–Kier alpha value is -3.27. The first-order valence-electron chi connectivity index (χ1n) is 9.94. The molecule has 0 unspecified atom stereocenters. The number of hydrogen-bond acceptors (Lipinski definition) is 2. The van der Waals surface area contributed by atoms with Gasteiger partial charge < -0.3 is 15.1 Å². The largest absolute Gasteiger partial charge is 0.378 e. The zero-order valence-electron chi connectivity index (χ0n) is 17.4. The number of carbonyl (C=O) groups is 1. The van der Waals surface area contributed by atoms with E-state index in [0.717, 1.165) is 28.9 Å². The molecule has 0 aromatic heterocycles. The van der Waals surface area contributed by atoms with Gasteiger partial charge in [0.2, 0.25) is 0 Å². The van der Waals surface area contributed by atoms with Gasteiger partial charge in [-0.25, -0.2) is 4.79 Å². The van der Waals surface area contributed by atoms with Crippen molar-refractivity contribution in [3.05, 3.63) is 95.6 Å². The molecular formula is C25H29N3O. The van der Waals surface area contributed by atoms with Crippen LogP contribution in [0.4, 0.5) is 16.2 Å². The van der Waals surface area contributed by atoms with Crippen LogP contribution in [0.2, 0.25) is 0 Å². The van der Waals surface area contributed by atoms with Crippen molar-refractivity contribution in [2.75, 3.05) is 30.9 Å². The predicted octanol–water partition coefficient (Wildman–Crippen LogP) is 5.34. The number of amides is 2. The van der Waals surface area contributed by atoms with Crippen LogP contribution < -0.4 is 10.2 Å². The number of urea groups is 1. The summed E-state index contributed by atoms with van der Waals surface area (Å²) in [4.78, 5) is 17.0. The molecule has 4 nitrogen and oxygen atoms in total. The SMILES string of the molecule is Cc1cccc(NC(=O)N(CCc2ccccc2)Cc2ccc(N(C)C)cc2)c1. The number of benzene rings is 3. The van der Waals surface area contributed by atoms with E-state index in [1.54, 1.807) is 0 Å². The summed E-state index contributed by atoms with van der Waals surface area (Å²) in [6, 6.07) is 26.4. The third kappa shape index (κ3) is 6.11. The van der Waals surface area contributed by atoms with E-state index in [4.69, 9.17) is 0 Å². The zero-order chi connectivity index (χ0) is 20.6. The monoisotopic (exact) mass is 387 g/mol. The average Bonchev–Trinajstić information content (AvgIpc) is 2.72. The molecule has 0 saturated heterocycles. The van der Waals surface area contributed by atoms with Gasteiger partial charge in [0, 0.05) is 38.6 Å². The summed E-state index contributed by atoms with van der Waals surface area (Å²) in [6.07, 6.45) is 0.817. The van der Waals surface area contributed by atoms with Crippen LogP contribution >= 0.6 is 0 Å². The van der Waals surface area contributed by atoms with Gasteiger partial charge in [-0.1, -0.05) is 54.6 Å². The van der Waals surface area contributed by atoms with Gasteiger partial charge in [-0.15, -0.1) is 0 Å². The molecule has 29 heavy (non-hydrogen) atoms. The van der Waals surface area contributed by atoms with Crippen LogP contribution in [-0.4, -0.2) is 31.6 Å². The summed E-state index contributed by atoms with van der Waals surface area (Å²) < 4.78 is 0.